The molecule has 2 aromatic rings. The van der Waals surface area contributed by atoms with Gasteiger partial charge in [-0.25, -0.2) is 9.97 Å². The van der Waals surface area contributed by atoms with E-state index in [0.29, 0.717) is 17.9 Å². The Balaban J connectivity index is 2.09. The first-order valence-corrected chi connectivity index (χ1v) is 6.40. The predicted molar refractivity (Wildman–Crippen MR) is 71.4 cm³/mol. The molecule has 2 heterocycles. The number of aromatic nitrogens is 3. The number of nitrogens with zero attached hydrogens (tertiary/aromatic N) is 3. The van der Waals surface area contributed by atoms with E-state index in [0.717, 1.165) is 5.39 Å². The van der Waals surface area contributed by atoms with Crippen LogP contribution in [0.15, 0.2) is 18.6 Å². The van der Waals surface area contributed by atoms with Crippen LogP contribution in [0.25, 0.3) is 11.0 Å². The maximum Gasteiger partial charge on any atom is 0.145 e. The van der Waals surface area contributed by atoms with Gasteiger partial charge < -0.3 is 20.5 Å². The Bertz CT molecular complexity index is 622. The van der Waals surface area contributed by atoms with Crippen LogP contribution in [-0.2, 0) is 0 Å². The molecule has 4 unspecified atom stereocenters. The third-order valence-electron chi connectivity index (χ3n) is 4.45. The van der Waals surface area contributed by atoms with E-state index in [2.05, 4.69) is 9.97 Å². The van der Waals surface area contributed by atoms with Crippen LogP contribution in [0, 0.1) is 5.92 Å². The molecule has 1 saturated carbocycles. The lowest BCUT2D eigenvalue weighted by Crippen LogP contribution is -2.41. The van der Waals surface area contributed by atoms with E-state index < -0.39 is 11.7 Å². The second-order valence-corrected chi connectivity index (χ2v) is 5.59. The van der Waals surface area contributed by atoms with Gasteiger partial charge in [-0.1, -0.05) is 6.92 Å². The molecule has 6 nitrogen and oxygen atoms in total. The van der Waals surface area contributed by atoms with Gasteiger partial charge in [-0.3, -0.25) is 0 Å². The van der Waals surface area contributed by atoms with E-state index in [-0.39, 0.29) is 12.0 Å². The van der Waals surface area contributed by atoms with Crippen LogP contribution in [-0.4, -0.2) is 36.5 Å². The molecule has 1 aliphatic rings. The lowest BCUT2D eigenvalue weighted by molar-refractivity contribution is -0.0714. The van der Waals surface area contributed by atoms with Crippen molar-refractivity contribution in [2.45, 2.75) is 38.0 Å². The number of hydrogen-bond acceptors (Lipinski definition) is 5. The summed E-state index contributed by atoms with van der Waals surface area (Å²) >= 11 is 0. The van der Waals surface area contributed by atoms with Crippen molar-refractivity contribution in [3.63, 3.8) is 0 Å². The highest BCUT2D eigenvalue weighted by Gasteiger charge is 2.49. The SMILES string of the molecule is CC1CC(n2ccc3c(N)ncnc32)C(O)C1(C)O. The number of aliphatic hydroxyl groups is 2. The summed E-state index contributed by atoms with van der Waals surface area (Å²) in [6.07, 6.45) is 3.13. The number of fused-ring (bicyclic) bond motifs is 1. The van der Waals surface area contributed by atoms with Gasteiger partial charge in [0.2, 0.25) is 0 Å². The van der Waals surface area contributed by atoms with Gasteiger partial charge in [-0.05, 0) is 25.3 Å². The van der Waals surface area contributed by atoms with Crippen molar-refractivity contribution < 1.29 is 10.2 Å². The van der Waals surface area contributed by atoms with E-state index >= 15 is 0 Å². The molecule has 6 heteroatoms. The molecule has 0 spiro atoms. The molecule has 4 atom stereocenters. The third kappa shape index (κ3) is 1.63. The van der Waals surface area contributed by atoms with Crippen LogP contribution in [0.3, 0.4) is 0 Å². The smallest absolute Gasteiger partial charge is 0.145 e. The van der Waals surface area contributed by atoms with Gasteiger partial charge in [0.25, 0.3) is 0 Å². The Hall–Kier alpha value is -1.66. The Morgan fingerprint density at radius 2 is 2.21 bits per heavy atom. The highest BCUT2D eigenvalue weighted by Crippen LogP contribution is 2.43. The highest BCUT2D eigenvalue weighted by molar-refractivity contribution is 5.86. The van der Waals surface area contributed by atoms with E-state index in [1.807, 2.05) is 23.8 Å². The Morgan fingerprint density at radius 3 is 2.84 bits per heavy atom. The maximum atomic E-state index is 10.3. The molecule has 3 rings (SSSR count). The minimum Gasteiger partial charge on any atom is -0.388 e. The Labute approximate surface area is 110 Å². The van der Waals surface area contributed by atoms with E-state index in [9.17, 15) is 10.2 Å². The molecule has 0 radical (unpaired) electrons. The average Bonchev–Trinajstić information content (AvgIpc) is 2.86. The van der Waals surface area contributed by atoms with Crippen molar-refractivity contribution in [1.82, 2.24) is 14.5 Å². The first-order valence-electron chi connectivity index (χ1n) is 6.40. The van der Waals surface area contributed by atoms with E-state index in [1.54, 1.807) is 6.92 Å². The second-order valence-electron chi connectivity index (χ2n) is 5.59. The molecule has 0 aliphatic heterocycles. The van der Waals surface area contributed by atoms with Gasteiger partial charge >= 0.3 is 0 Å². The lowest BCUT2D eigenvalue weighted by atomic mass is 9.93. The first kappa shape index (κ1) is 12.4. The summed E-state index contributed by atoms with van der Waals surface area (Å²) in [5.41, 5.74) is 5.42. The number of hydrogen-bond donors (Lipinski definition) is 3. The molecule has 19 heavy (non-hydrogen) atoms. The van der Waals surface area contributed by atoms with Gasteiger partial charge in [0, 0.05) is 6.20 Å². The molecule has 0 saturated heterocycles. The number of nitrogen functional groups attached to an aromatic ring is 1. The van der Waals surface area contributed by atoms with Crippen molar-refractivity contribution in [1.29, 1.82) is 0 Å². The van der Waals surface area contributed by atoms with Crippen molar-refractivity contribution in [2.75, 3.05) is 5.73 Å². The molecule has 0 aromatic carbocycles. The Morgan fingerprint density at radius 1 is 1.47 bits per heavy atom. The van der Waals surface area contributed by atoms with Gasteiger partial charge in [-0.15, -0.1) is 0 Å². The van der Waals surface area contributed by atoms with Crippen molar-refractivity contribution >= 4 is 16.9 Å². The van der Waals surface area contributed by atoms with Gasteiger partial charge in [0.05, 0.1) is 17.0 Å². The molecule has 4 N–H and O–H groups in total. The summed E-state index contributed by atoms with van der Waals surface area (Å²) in [4.78, 5) is 8.18. The van der Waals surface area contributed by atoms with Crippen LogP contribution in [0.2, 0.25) is 0 Å². The van der Waals surface area contributed by atoms with Gasteiger partial charge in [-0.2, -0.15) is 0 Å². The van der Waals surface area contributed by atoms with Gasteiger partial charge in [0.15, 0.2) is 0 Å². The molecule has 1 fully saturated rings. The van der Waals surface area contributed by atoms with Crippen LogP contribution in [0.5, 0.6) is 0 Å². The quantitative estimate of drug-likeness (QED) is 0.703. The van der Waals surface area contributed by atoms with E-state index in [4.69, 9.17) is 5.73 Å². The average molecular weight is 262 g/mol. The summed E-state index contributed by atoms with van der Waals surface area (Å²) in [6.45, 7) is 3.62. The topological polar surface area (TPSA) is 97.2 Å². The molecule has 0 bridgehead atoms. The summed E-state index contributed by atoms with van der Waals surface area (Å²) in [7, 11) is 0. The number of aliphatic hydroxyl groups excluding tert-OH is 1. The molecule has 1 aliphatic carbocycles. The summed E-state index contributed by atoms with van der Waals surface area (Å²) in [5, 5.41) is 21.4. The molecule has 102 valence electrons. The molecule has 2 aromatic heterocycles. The summed E-state index contributed by atoms with van der Waals surface area (Å²) in [6, 6.07) is 1.64. The minimum atomic E-state index is -1.08. The highest BCUT2D eigenvalue weighted by atomic mass is 16.3. The monoisotopic (exact) mass is 262 g/mol. The van der Waals surface area contributed by atoms with Crippen LogP contribution < -0.4 is 5.73 Å². The van der Waals surface area contributed by atoms with Crippen LogP contribution >= 0.6 is 0 Å². The fraction of sp³-hybridized carbons (Fsp3) is 0.538. The molecule has 0 amide bonds. The van der Waals surface area contributed by atoms with Crippen LogP contribution in [0.4, 0.5) is 5.82 Å². The third-order valence-corrected chi connectivity index (χ3v) is 4.45. The fourth-order valence-corrected chi connectivity index (χ4v) is 2.93. The Kier molecular flexibility index (Phi) is 2.55. The zero-order chi connectivity index (χ0) is 13.8. The zero-order valence-corrected chi connectivity index (χ0v) is 11.0. The largest absolute Gasteiger partial charge is 0.388 e. The number of nitrogens with two attached hydrogens (primary N) is 1. The van der Waals surface area contributed by atoms with Crippen molar-refractivity contribution in [3.8, 4) is 0 Å². The summed E-state index contributed by atoms with van der Waals surface area (Å²) < 4.78 is 1.88. The standard InChI is InChI=1S/C13H18N4O2/c1-7-5-9(10(18)13(7,2)19)17-4-3-8-11(14)15-6-16-12(8)17/h3-4,6-7,9-10,18-19H,5H2,1-2H3,(H2,14,15,16). The number of anilines is 1. The normalized spacial score (nSPS) is 35.1. The predicted octanol–water partition coefficient (Wildman–Crippen LogP) is 0.706. The summed E-state index contributed by atoms with van der Waals surface area (Å²) in [5.74, 6) is 0.445. The van der Waals surface area contributed by atoms with Crippen LogP contribution in [0.1, 0.15) is 26.3 Å². The zero-order valence-electron chi connectivity index (χ0n) is 11.0. The lowest BCUT2D eigenvalue weighted by Gasteiger charge is -2.27. The van der Waals surface area contributed by atoms with Crippen molar-refractivity contribution in [3.05, 3.63) is 18.6 Å². The van der Waals surface area contributed by atoms with Gasteiger partial charge in [0.1, 0.15) is 23.9 Å². The van der Waals surface area contributed by atoms with E-state index in [1.165, 1.54) is 6.33 Å². The van der Waals surface area contributed by atoms with Crippen molar-refractivity contribution in [2.24, 2.45) is 5.92 Å². The molecular weight excluding hydrogens is 244 g/mol. The molecular formula is C13H18N4O2. The first-order chi connectivity index (χ1) is 8.93. The fourth-order valence-electron chi connectivity index (χ4n) is 2.93. The number of rotatable bonds is 1. The maximum absolute atomic E-state index is 10.3. The second kappa shape index (κ2) is 3.91. The minimum absolute atomic E-state index is 0.0177.